The minimum atomic E-state index is -0.552. The topological polar surface area (TPSA) is 81.7 Å². The number of likely N-dealkylation sites (tertiary alicyclic amines) is 1. The lowest BCUT2D eigenvalue weighted by Crippen LogP contribution is -2.58. The summed E-state index contributed by atoms with van der Waals surface area (Å²) in [7, 11) is 0. The Morgan fingerprint density at radius 1 is 1.14 bits per heavy atom. The number of amides is 2. The van der Waals surface area contributed by atoms with Crippen molar-refractivity contribution >= 4 is 22.6 Å². The number of hydrogen-bond donors (Lipinski definition) is 3. The molecular formula is C23H27N3O3. The van der Waals surface area contributed by atoms with Gasteiger partial charge in [0.2, 0.25) is 11.8 Å². The molecule has 0 aromatic heterocycles. The maximum Gasteiger partial charge on any atom is 0.248 e. The van der Waals surface area contributed by atoms with Gasteiger partial charge in [-0.15, -0.1) is 0 Å². The maximum absolute atomic E-state index is 13.3. The number of nitrogens with zero attached hydrogens (tertiary/aromatic N) is 1. The third-order valence-electron chi connectivity index (χ3n) is 7.17. The van der Waals surface area contributed by atoms with Gasteiger partial charge in [0.25, 0.3) is 0 Å². The Labute approximate surface area is 170 Å². The lowest BCUT2D eigenvalue weighted by Gasteiger charge is -2.37. The zero-order valence-electron chi connectivity index (χ0n) is 16.4. The molecule has 6 nitrogen and oxygen atoms in total. The summed E-state index contributed by atoms with van der Waals surface area (Å²) in [5.74, 6) is -0.667. The second-order valence-electron chi connectivity index (χ2n) is 9.02. The van der Waals surface area contributed by atoms with Crippen molar-refractivity contribution in [3.05, 3.63) is 48.0 Å². The van der Waals surface area contributed by atoms with E-state index >= 15 is 0 Å². The number of hydrogen-bond acceptors (Lipinski definition) is 4. The normalized spacial score (nSPS) is 27.9. The zero-order chi connectivity index (χ0) is 20.0. The van der Waals surface area contributed by atoms with Crippen molar-refractivity contribution in [2.75, 3.05) is 19.6 Å². The SMILES string of the molecule is O=C(NO)C1CC2(CC2)CNC1C(=O)N1CCC(c2ccc3ccccc3c2)C1. The molecule has 2 aromatic rings. The number of rotatable bonds is 3. The minimum absolute atomic E-state index is 0.0163. The number of hydroxylamine groups is 1. The standard InChI is InChI=1S/C23H27N3O3/c27-21(25-29)19-12-23(8-9-23)14-24-20(19)22(28)26-10-7-18(13-26)17-6-5-15-3-1-2-4-16(15)11-17/h1-6,11,18-20,24,29H,7-10,12-14H2,(H,25,27). The molecule has 2 amide bonds. The molecule has 1 saturated carbocycles. The summed E-state index contributed by atoms with van der Waals surface area (Å²) < 4.78 is 0. The van der Waals surface area contributed by atoms with Gasteiger partial charge in [-0.05, 0) is 47.4 Å². The van der Waals surface area contributed by atoms with Crippen LogP contribution in [0.3, 0.4) is 0 Å². The molecule has 3 atom stereocenters. The smallest absolute Gasteiger partial charge is 0.248 e. The van der Waals surface area contributed by atoms with Gasteiger partial charge in [0.15, 0.2) is 0 Å². The summed E-state index contributed by atoms with van der Waals surface area (Å²) in [4.78, 5) is 27.4. The molecule has 1 spiro atoms. The Kier molecular flexibility index (Phi) is 4.56. The summed E-state index contributed by atoms with van der Waals surface area (Å²) in [5, 5.41) is 14.9. The fraction of sp³-hybridized carbons (Fsp3) is 0.478. The molecule has 2 heterocycles. The second-order valence-corrected chi connectivity index (χ2v) is 9.02. The van der Waals surface area contributed by atoms with Gasteiger partial charge in [0.1, 0.15) is 0 Å². The number of carbonyl (C=O) groups is 2. The summed E-state index contributed by atoms with van der Waals surface area (Å²) >= 11 is 0. The van der Waals surface area contributed by atoms with Crippen LogP contribution in [0.5, 0.6) is 0 Å². The van der Waals surface area contributed by atoms with E-state index in [1.165, 1.54) is 16.3 Å². The first-order valence-corrected chi connectivity index (χ1v) is 10.5. The molecule has 152 valence electrons. The van der Waals surface area contributed by atoms with Crippen molar-refractivity contribution in [3.63, 3.8) is 0 Å². The van der Waals surface area contributed by atoms with Gasteiger partial charge < -0.3 is 10.2 Å². The Morgan fingerprint density at radius 3 is 2.69 bits per heavy atom. The van der Waals surface area contributed by atoms with Crippen LogP contribution in [0.2, 0.25) is 0 Å². The van der Waals surface area contributed by atoms with Gasteiger partial charge in [-0.2, -0.15) is 0 Å². The van der Waals surface area contributed by atoms with E-state index in [4.69, 9.17) is 5.21 Å². The van der Waals surface area contributed by atoms with Gasteiger partial charge >= 0.3 is 0 Å². The van der Waals surface area contributed by atoms with E-state index in [0.717, 1.165) is 25.8 Å². The molecule has 2 aliphatic heterocycles. The first-order valence-electron chi connectivity index (χ1n) is 10.5. The molecule has 1 aliphatic carbocycles. The third-order valence-corrected chi connectivity index (χ3v) is 7.17. The number of piperidine rings is 1. The molecule has 29 heavy (non-hydrogen) atoms. The minimum Gasteiger partial charge on any atom is -0.341 e. The van der Waals surface area contributed by atoms with Crippen LogP contribution in [0.25, 0.3) is 10.8 Å². The molecule has 3 fully saturated rings. The van der Waals surface area contributed by atoms with E-state index in [1.54, 1.807) is 5.48 Å². The van der Waals surface area contributed by atoms with Crippen LogP contribution in [-0.4, -0.2) is 47.6 Å². The van der Waals surface area contributed by atoms with Crippen LogP contribution >= 0.6 is 0 Å². The van der Waals surface area contributed by atoms with Gasteiger partial charge in [-0.25, -0.2) is 5.48 Å². The molecular weight excluding hydrogens is 366 g/mol. The van der Waals surface area contributed by atoms with Gasteiger partial charge in [-0.3, -0.25) is 14.8 Å². The van der Waals surface area contributed by atoms with Crippen LogP contribution in [0, 0.1) is 11.3 Å². The number of carbonyl (C=O) groups excluding carboxylic acids is 2. The van der Waals surface area contributed by atoms with E-state index in [0.29, 0.717) is 25.4 Å². The van der Waals surface area contributed by atoms with Crippen molar-refractivity contribution < 1.29 is 14.8 Å². The van der Waals surface area contributed by atoms with Crippen LogP contribution in [-0.2, 0) is 9.59 Å². The highest BCUT2D eigenvalue weighted by Crippen LogP contribution is 2.52. The zero-order valence-corrected chi connectivity index (χ0v) is 16.4. The van der Waals surface area contributed by atoms with E-state index in [9.17, 15) is 9.59 Å². The highest BCUT2D eigenvalue weighted by Gasteiger charge is 2.53. The summed E-state index contributed by atoms with van der Waals surface area (Å²) in [6.45, 7) is 2.15. The number of fused-ring (bicyclic) bond motifs is 1. The van der Waals surface area contributed by atoms with Crippen molar-refractivity contribution in [3.8, 4) is 0 Å². The average Bonchev–Trinajstić information content (AvgIpc) is 3.32. The summed E-state index contributed by atoms with van der Waals surface area (Å²) in [5.41, 5.74) is 3.18. The van der Waals surface area contributed by atoms with E-state index in [-0.39, 0.29) is 11.3 Å². The first kappa shape index (κ1) is 18.6. The number of nitrogens with one attached hydrogen (secondary N) is 2. The maximum atomic E-state index is 13.3. The molecule has 3 unspecified atom stereocenters. The van der Waals surface area contributed by atoms with Crippen molar-refractivity contribution in [2.24, 2.45) is 11.3 Å². The van der Waals surface area contributed by atoms with E-state index in [1.807, 2.05) is 17.0 Å². The monoisotopic (exact) mass is 393 g/mol. The van der Waals surface area contributed by atoms with Crippen molar-refractivity contribution in [2.45, 2.75) is 37.6 Å². The van der Waals surface area contributed by atoms with Crippen LogP contribution < -0.4 is 10.8 Å². The lowest BCUT2D eigenvalue weighted by atomic mass is 9.81. The molecule has 6 heteroatoms. The first-order chi connectivity index (χ1) is 14.1. The Morgan fingerprint density at radius 2 is 1.93 bits per heavy atom. The Balaban J connectivity index is 1.30. The lowest BCUT2D eigenvalue weighted by molar-refractivity contribution is -0.144. The molecule has 3 N–H and O–H groups in total. The predicted molar refractivity (Wildman–Crippen MR) is 109 cm³/mol. The fourth-order valence-electron chi connectivity index (χ4n) is 5.16. The Hall–Kier alpha value is -2.44. The molecule has 0 radical (unpaired) electrons. The van der Waals surface area contributed by atoms with Crippen LogP contribution in [0.1, 0.15) is 37.2 Å². The molecule has 3 aliphatic rings. The van der Waals surface area contributed by atoms with Crippen molar-refractivity contribution in [1.82, 2.24) is 15.7 Å². The van der Waals surface area contributed by atoms with Gasteiger partial charge in [0.05, 0.1) is 12.0 Å². The number of benzene rings is 2. The van der Waals surface area contributed by atoms with E-state index in [2.05, 4.69) is 35.6 Å². The highest BCUT2D eigenvalue weighted by atomic mass is 16.5. The summed E-state index contributed by atoms with van der Waals surface area (Å²) in [6.07, 6.45) is 3.77. The largest absolute Gasteiger partial charge is 0.341 e. The van der Waals surface area contributed by atoms with Crippen molar-refractivity contribution in [1.29, 1.82) is 0 Å². The average molecular weight is 393 g/mol. The quantitative estimate of drug-likeness (QED) is 0.553. The summed E-state index contributed by atoms with van der Waals surface area (Å²) in [6, 6.07) is 14.3. The van der Waals surface area contributed by atoms with E-state index < -0.39 is 17.9 Å². The molecule has 2 saturated heterocycles. The van der Waals surface area contributed by atoms with Gasteiger partial charge in [0, 0.05) is 25.6 Å². The third kappa shape index (κ3) is 3.40. The Bertz CT molecular complexity index is 955. The molecule has 2 aromatic carbocycles. The highest BCUT2D eigenvalue weighted by molar-refractivity contribution is 5.90. The molecule has 5 rings (SSSR count). The van der Waals surface area contributed by atoms with Gasteiger partial charge in [-0.1, -0.05) is 42.5 Å². The molecule has 0 bridgehead atoms. The van der Waals surface area contributed by atoms with Crippen LogP contribution in [0.15, 0.2) is 42.5 Å². The predicted octanol–water partition coefficient (Wildman–Crippen LogP) is 2.42. The van der Waals surface area contributed by atoms with Crippen LogP contribution in [0.4, 0.5) is 0 Å². The fourth-order valence-corrected chi connectivity index (χ4v) is 5.16. The second kappa shape index (κ2) is 7.11.